The molecule has 1 unspecified atom stereocenters. The van der Waals surface area contributed by atoms with Crippen LogP contribution in [0.3, 0.4) is 0 Å². The zero-order valence-electron chi connectivity index (χ0n) is 8.68. The van der Waals surface area contributed by atoms with E-state index >= 15 is 0 Å². The number of amides is 1. The van der Waals surface area contributed by atoms with E-state index in [0.29, 0.717) is 6.54 Å². The smallest absolute Gasteiger partial charge is 0.242 e. The Bertz CT molecular complexity index is 368. The van der Waals surface area contributed by atoms with E-state index < -0.39 is 5.38 Å². The van der Waals surface area contributed by atoms with Crippen molar-refractivity contribution in [2.45, 2.75) is 19.2 Å². The van der Waals surface area contributed by atoms with Gasteiger partial charge in [-0.1, -0.05) is 28.1 Å². The molecule has 0 aliphatic carbocycles. The van der Waals surface area contributed by atoms with Crippen LogP contribution >= 0.6 is 27.5 Å². The van der Waals surface area contributed by atoms with Gasteiger partial charge in [0.05, 0.1) is 0 Å². The molecular weight excluding hydrogens is 277 g/mol. The second-order valence-corrected chi connectivity index (χ2v) is 4.56. The maximum atomic E-state index is 11.5. The van der Waals surface area contributed by atoms with Crippen LogP contribution < -0.4 is 5.32 Å². The van der Waals surface area contributed by atoms with Crippen molar-refractivity contribution in [3.8, 4) is 0 Å². The number of benzene rings is 1. The van der Waals surface area contributed by atoms with Gasteiger partial charge in [0, 0.05) is 11.0 Å². The fourth-order valence-corrected chi connectivity index (χ4v) is 1.79. The minimum atomic E-state index is -0.623. The number of likely N-dealkylation sites (N-methyl/N-ethyl adjacent to an activating group) is 1. The SMILES string of the molecule is CCNC(=O)C(Cl)c1ccc(C)c(Br)c1. The lowest BCUT2D eigenvalue weighted by Gasteiger charge is -2.10. The monoisotopic (exact) mass is 289 g/mol. The van der Waals surface area contributed by atoms with Gasteiger partial charge in [-0.15, -0.1) is 11.6 Å². The van der Waals surface area contributed by atoms with Crippen LogP contribution in [0.25, 0.3) is 0 Å². The number of nitrogens with one attached hydrogen (secondary N) is 1. The number of rotatable bonds is 3. The predicted octanol–water partition coefficient (Wildman–Crippen LogP) is 3.17. The number of carbonyl (C=O) groups is 1. The average Bonchev–Trinajstić information content (AvgIpc) is 2.21. The zero-order chi connectivity index (χ0) is 11.4. The van der Waals surface area contributed by atoms with E-state index in [1.807, 2.05) is 32.0 Å². The van der Waals surface area contributed by atoms with Gasteiger partial charge in [0.25, 0.3) is 0 Å². The summed E-state index contributed by atoms with van der Waals surface area (Å²) in [6.45, 7) is 4.45. The lowest BCUT2D eigenvalue weighted by Crippen LogP contribution is -2.26. The van der Waals surface area contributed by atoms with Crippen LogP contribution in [0.15, 0.2) is 22.7 Å². The summed E-state index contributed by atoms with van der Waals surface area (Å²) < 4.78 is 0.968. The summed E-state index contributed by atoms with van der Waals surface area (Å²) in [5.41, 5.74) is 1.93. The fraction of sp³-hybridized carbons (Fsp3) is 0.364. The summed E-state index contributed by atoms with van der Waals surface area (Å²) in [5, 5.41) is 2.07. The highest BCUT2D eigenvalue weighted by Gasteiger charge is 2.16. The number of carbonyl (C=O) groups excluding carboxylic acids is 1. The van der Waals surface area contributed by atoms with Crippen LogP contribution in [-0.2, 0) is 4.79 Å². The second-order valence-electron chi connectivity index (χ2n) is 3.27. The molecule has 0 spiro atoms. The van der Waals surface area contributed by atoms with Gasteiger partial charge in [0.1, 0.15) is 5.38 Å². The van der Waals surface area contributed by atoms with E-state index in [0.717, 1.165) is 15.6 Å². The Morgan fingerprint density at radius 3 is 2.80 bits per heavy atom. The van der Waals surface area contributed by atoms with Gasteiger partial charge in [0.2, 0.25) is 5.91 Å². The molecular formula is C11H13BrClNO. The normalized spacial score (nSPS) is 12.3. The van der Waals surface area contributed by atoms with E-state index in [1.54, 1.807) is 0 Å². The van der Waals surface area contributed by atoms with Crippen LogP contribution in [0.1, 0.15) is 23.4 Å². The third-order valence-corrected chi connectivity index (χ3v) is 3.37. The van der Waals surface area contributed by atoms with E-state index in [1.165, 1.54) is 0 Å². The predicted molar refractivity (Wildman–Crippen MR) is 66.2 cm³/mol. The molecule has 0 saturated heterocycles. The third-order valence-electron chi connectivity index (χ3n) is 2.07. The summed E-state index contributed by atoms with van der Waals surface area (Å²) in [4.78, 5) is 11.5. The molecule has 2 nitrogen and oxygen atoms in total. The first-order valence-electron chi connectivity index (χ1n) is 4.74. The van der Waals surface area contributed by atoms with E-state index in [2.05, 4.69) is 21.2 Å². The average molecular weight is 291 g/mol. The van der Waals surface area contributed by atoms with E-state index in [-0.39, 0.29) is 5.91 Å². The van der Waals surface area contributed by atoms with Crippen molar-refractivity contribution < 1.29 is 4.79 Å². The Morgan fingerprint density at radius 1 is 1.60 bits per heavy atom. The number of hydrogen-bond donors (Lipinski definition) is 1. The van der Waals surface area contributed by atoms with Crippen molar-refractivity contribution in [3.63, 3.8) is 0 Å². The van der Waals surface area contributed by atoms with E-state index in [9.17, 15) is 4.79 Å². The first kappa shape index (κ1) is 12.5. The molecule has 0 heterocycles. The molecule has 1 rings (SSSR count). The van der Waals surface area contributed by atoms with Gasteiger partial charge in [-0.3, -0.25) is 4.79 Å². The molecule has 0 fully saturated rings. The Kier molecular flexibility index (Phi) is 4.61. The Labute approximate surface area is 103 Å². The van der Waals surface area contributed by atoms with Crippen LogP contribution in [0.5, 0.6) is 0 Å². The molecule has 1 atom stereocenters. The minimum absolute atomic E-state index is 0.157. The maximum absolute atomic E-state index is 11.5. The van der Waals surface area contributed by atoms with E-state index in [4.69, 9.17) is 11.6 Å². The first-order chi connectivity index (χ1) is 7.06. The van der Waals surface area contributed by atoms with Crippen molar-refractivity contribution in [1.82, 2.24) is 5.32 Å². The molecule has 1 N–H and O–H groups in total. The lowest BCUT2D eigenvalue weighted by molar-refractivity contribution is -0.120. The first-order valence-corrected chi connectivity index (χ1v) is 5.97. The quantitative estimate of drug-likeness (QED) is 0.851. The summed E-state index contributed by atoms with van der Waals surface area (Å²) in [7, 11) is 0. The molecule has 1 aromatic carbocycles. The second kappa shape index (κ2) is 5.52. The Morgan fingerprint density at radius 2 is 2.27 bits per heavy atom. The van der Waals surface area contributed by atoms with Crippen LogP contribution in [-0.4, -0.2) is 12.5 Å². The number of alkyl halides is 1. The summed E-state index contributed by atoms with van der Waals surface area (Å²) in [5.74, 6) is -0.157. The molecule has 0 bridgehead atoms. The molecule has 82 valence electrons. The highest BCUT2D eigenvalue weighted by atomic mass is 79.9. The molecule has 4 heteroatoms. The summed E-state index contributed by atoms with van der Waals surface area (Å²) in [6.07, 6.45) is 0. The lowest BCUT2D eigenvalue weighted by atomic mass is 10.1. The van der Waals surface area contributed by atoms with Crippen molar-refractivity contribution in [2.24, 2.45) is 0 Å². The topological polar surface area (TPSA) is 29.1 Å². The van der Waals surface area contributed by atoms with Crippen molar-refractivity contribution in [1.29, 1.82) is 0 Å². The third kappa shape index (κ3) is 3.21. The number of halogens is 2. The Hall–Kier alpha value is -0.540. The van der Waals surface area contributed by atoms with Crippen LogP contribution in [0.4, 0.5) is 0 Å². The molecule has 0 radical (unpaired) electrons. The molecule has 0 aliphatic rings. The molecule has 1 amide bonds. The molecule has 0 aliphatic heterocycles. The zero-order valence-corrected chi connectivity index (χ0v) is 11.0. The fourth-order valence-electron chi connectivity index (χ4n) is 1.18. The van der Waals surface area contributed by atoms with Crippen molar-refractivity contribution in [2.75, 3.05) is 6.54 Å². The molecule has 0 aromatic heterocycles. The van der Waals surface area contributed by atoms with Crippen LogP contribution in [0.2, 0.25) is 0 Å². The highest BCUT2D eigenvalue weighted by molar-refractivity contribution is 9.10. The number of aryl methyl sites for hydroxylation is 1. The summed E-state index contributed by atoms with van der Waals surface area (Å²) >= 11 is 9.44. The number of hydrogen-bond acceptors (Lipinski definition) is 1. The van der Waals surface area contributed by atoms with Crippen LogP contribution in [0, 0.1) is 6.92 Å². The maximum Gasteiger partial charge on any atom is 0.242 e. The van der Waals surface area contributed by atoms with Gasteiger partial charge in [-0.2, -0.15) is 0 Å². The highest BCUT2D eigenvalue weighted by Crippen LogP contribution is 2.25. The standard InChI is InChI=1S/C11H13BrClNO/c1-3-14-11(15)10(13)8-5-4-7(2)9(12)6-8/h4-6,10H,3H2,1-2H3,(H,14,15). The van der Waals surface area contributed by atoms with Gasteiger partial charge in [0.15, 0.2) is 0 Å². The van der Waals surface area contributed by atoms with Crippen molar-refractivity contribution >= 4 is 33.4 Å². The molecule has 0 saturated carbocycles. The van der Waals surface area contributed by atoms with Gasteiger partial charge in [-0.05, 0) is 31.0 Å². The largest absolute Gasteiger partial charge is 0.355 e. The van der Waals surface area contributed by atoms with Gasteiger partial charge in [-0.25, -0.2) is 0 Å². The summed E-state index contributed by atoms with van der Waals surface area (Å²) in [6, 6.07) is 5.68. The van der Waals surface area contributed by atoms with Crippen molar-refractivity contribution in [3.05, 3.63) is 33.8 Å². The Balaban J connectivity index is 2.86. The molecule has 1 aromatic rings. The molecule has 15 heavy (non-hydrogen) atoms. The minimum Gasteiger partial charge on any atom is -0.355 e. The van der Waals surface area contributed by atoms with Gasteiger partial charge < -0.3 is 5.32 Å². The van der Waals surface area contributed by atoms with Gasteiger partial charge >= 0.3 is 0 Å².